The molecular weight excluding hydrogens is 166 g/mol. The molecule has 0 bridgehead atoms. The molecule has 0 aromatic rings. The molecule has 1 saturated heterocycles. The molecule has 0 radical (unpaired) electrons. The molecule has 1 aliphatic heterocycles. The lowest BCUT2D eigenvalue weighted by Crippen LogP contribution is -2.38. The lowest BCUT2D eigenvalue weighted by atomic mass is 9.99. The molecule has 1 heterocycles. The summed E-state index contributed by atoms with van der Waals surface area (Å²) in [7, 11) is 0. The van der Waals surface area contributed by atoms with Crippen molar-refractivity contribution in [3.63, 3.8) is 0 Å². The van der Waals surface area contributed by atoms with E-state index in [-0.39, 0.29) is 5.92 Å². The Morgan fingerprint density at radius 2 is 2.38 bits per heavy atom. The highest BCUT2D eigenvalue weighted by Gasteiger charge is 2.20. The zero-order valence-electron chi connectivity index (χ0n) is 8.49. The van der Waals surface area contributed by atoms with Gasteiger partial charge in [-0.05, 0) is 25.3 Å². The average molecular weight is 185 g/mol. The maximum Gasteiger partial charge on any atom is 0.307 e. The fraction of sp³-hybridized carbons (Fsp3) is 0.900. The minimum Gasteiger partial charge on any atom is -0.481 e. The number of rotatable bonds is 3. The van der Waals surface area contributed by atoms with Crippen molar-refractivity contribution in [2.45, 2.75) is 26.7 Å². The Bertz CT molecular complexity index is 182. The first kappa shape index (κ1) is 10.5. The highest BCUT2D eigenvalue weighted by molar-refractivity contribution is 5.69. The Hall–Kier alpha value is -0.570. The summed E-state index contributed by atoms with van der Waals surface area (Å²) in [5.41, 5.74) is 0. The summed E-state index contributed by atoms with van der Waals surface area (Å²) < 4.78 is 0. The summed E-state index contributed by atoms with van der Waals surface area (Å²) in [6, 6.07) is 0. The van der Waals surface area contributed by atoms with Crippen LogP contribution in [0.1, 0.15) is 26.7 Å². The van der Waals surface area contributed by atoms with Crippen LogP contribution in [0.5, 0.6) is 0 Å². The van der Waals surface area contributed by atoms with Gasteiger partial charge in [-0.25, -0.2) is 0 Å². The lowest BCUT2D eigenvalue weighted by molar-refractivity contribution is -0.141. The van der Waals surface area contributed by atoms with E-state index in [9.17, 15) is 4.79 Å². The van der Waals surface area contributed by atoms with Crippen molar-refractivity contribution in [2.24, 2.45) is 11.8 Å². The number of piperidine rings is 1. The Morgan fingerprint density at radius 1 is 1.69 bits per heavy atom. The summed E-state index contributed by atoms with van der Waals surface area (Å²) in [6.45, 7) is 6.86. The van der Waals surface area contributed by atoms with Crippen LogP contribution >= 0.6 is 0 Å². The second-order valence-electron chi connectivity index (χ2n) is 4.25. The van der Waals surface area contributed by atoms with Gasteiger partial charge < -0.3 is 10.0 Å². The predicted molar refractivity (Wildman–Crippen MR) is 51.6 cm³/mol. The van der Waals surface area contributed by atoms with Crippen molar-refractivity contribution in [3.05, 3.63) is 0 Å². The largest absolute Gasteiger partial charge is 0.481 e. The molecular formula is C10H19NO2. The van der Waals surface area contributed by atoms with E-state index in [0.29, 0.717) is 6.54 Å². The molecule has 3 nitrogen and oxygen atoms in total. The van der Waals surface area contributed by atoms with E-state index >= 15 is 0 Å². The standard InChI is InChI=1S/C10H19NO2/c1-8-4-3-5-11(6-8)7-9(2)10(12)13/h8-9H,3-7H2,1-2H3,(H,12,13)/t8-,9+/m1/s1. The van der Waals surface area contributed by atoms with E-state index in [1.165, 1.54) is 12.8 Å². The van der Waals surface area contributed by atoms with Gasteiger partial charge in [-0.2, -0.15) is 0 Å². The van der Waals surface area contributed by atoms with Crippen molar-refractivity contribution in [1.29, 1.82) is 0 Å². The average Bonchev–Trinajstić information content (AvgIpc) is 2.04. The third-order valence-electron chi connectivity index (χ3n) is 2.69. The van der Waals surface area contributed by atoms with Crippen molar-refractivity contribution in [2.75, 3.05) is 19.6 Å². The number of carbonyl (C=O) groups is 1. The van der Waals surface area contributed by atoms with Gasteiger partial charge in [-0.3, -0.25) is 4.79 Å². The van der Waals surface area contributed by atoms with Crippen molar-refractivity contribution < 1.29 is 9.90 Å². The number of hydrogen-bond donors (Lipinski definition) is 1. The number of carboxylic acid groups (broad SMARTS) is 1. The van der Waals surface area contributed by atoms with E-state index in [1.54, 1.807) is 6.92 Å². The second kappa shape index (κ2) is 4.61. The third-order valence-corrected chi connectivity index (χ3v) is 2.69. The van der Waals surface area contributed by atoms with Crippen LogP contribution in [-0.4, -0.2) is 35.6 Å². The molecule has 0 aliphatic carbocycles. The molecule has 1 aliphatic rings. The zero-order chi connectivity index (χ0) is 9.84. The van der Waals surface area contributed by atoms with Crippen molar-refractivity contribution in [1.82, 2.24) is 4.90 Å². The van der Waals surface area contributed by atoms with Gasteiger partial charge in [-0.1, -0.05) is 13.8 Å². The van der Waals surface area contributed by atoms with Crippen LogP contribution in [0.3, 0.4) is 0 Å². The van der Waals surface area contributed by atoms with E-state index in [2.05, 4.69) is 11.8 Å². The summed E-state index contributed by atoms with van der Waals surface area (Å²) in [5, 5.41) is 8.75. The molecule has 13 heavy (non-hydrogen) atoms. The smallest absolute Gasteiger partial charge is 0.307 e. The normalized spacial score (nSPS) is 27.1. The van der Waals surface area contributed by atoms with Gasteiger partial charge in [-0.15, -0.1) is 0 Å². The fourth-order valence-corrected chi connectivity index (χ4v) is 1.92. The quantitative estimate of drug-likeness (QED) is 0.723. The van der Waals surface area contributed by atoms with Crippen LogP contribution in [0.4, 0.5) is 0 Å². The molecule has 0 aromatic heterocycles. The summed E-state index contributed by atoms with van der Waals surface area (Å²) in [6.07, 6.45) is 2.51. The summed E-state index contributed by atoms with van der Waals surface area (Å²) in [4.78, 5) is 12.9. The first-order valence-electron chi connectivity index (χ1n) is 5.04. The molecule has 3 heteroatoms. The molecule has 0 saturated carbocycles. The Labute approximate surface area is 79.7 Å². The molecule has 0 unspecified atom stereocenters. The fourth-order valence-electron chi connectivity index (χ4n) is 1.92. The zero-order valence-corrected chi connectivity index (χ0v) is 8.49. The number of nitrogens with zero attached hydrogens (tertiary/aromatic N) is 1. The maximum absolute atomic E-state index is 10.6. The molecule has 0 amide bonds. The second-order valence-corrected chi connectivity index (χ2v) is 4.25. The molecule has 1 fully saturated rings. The monoisotopic (exact) mass is 185 g/mol. The first-order valence-corrected chi connectivity index (χ1v) is 5.04. The van der Waals surface area contributed by atoms with Gasteiger partial charge >= 0.3 is 5.97 Å². The Balaban J connectivity index is 2.31. The van der Waals surface area contributed by atoms with E-state index in [4.69, 9.17) is 5.11 Å². The molecule has 0 aromatic carbocycles. The summed E-state index contributed by atoms with van der Waals surface area (Å²) >= 11 is 0. The SMILES string of the molecule is C[C@@H]1CCCN(C[C@H](C)C(=O)O)C1. The van der Waals surface area contributed by atoms with Gasteiger partial charge in [0, 0.05) is 13.1 Å². The van der Waals surface area contributed by atoms with Crippen molar-refractivity contribution >= 4 is 5.97 Å². The van der Waals surface area contributed by atoms with Crippen LogP contribution in [0, 0.1) is 11.8 Å². The van der Waals surface area contributed by atoms with Crippen LogP contribution < -0.4 is 0 Å². The number of hydrogen-bond acceptors (Lipinski definition) is 2. The molecule has 2 atom stereocenters. The number of aliphatic carboxylic acids is 1. The van der Waals surface area contributed by atoms with Crippen molar-refractivity contribution in [3.8, 4) is 0 Å². The highest BCUT2D eigenvalue weighted by Crippen LogP contribution is 2.16. The van der Waals surface area contributed by atoms with Gasteiger partial charge in [0.05, 0.1) is 5.92 Å². The van der Waals surface area contributed by atoms with E-state index in [0.717, 1.165) is 19.0 Å². The molecule has 1 N–H and O–H groups in total. The number of likely N-dealkylation sites (tertiary alicyclic amines) is 1. The van der Waals surface area contributed by atoms with Crippen LogP contribution in [0.2, 0.25) is 0 Å². The highest BCUT2D eigenvalue weighted by atomic mass is 16.4. The first-order chi connectivity index (χ1) is 6.09. The minimum absolute atomic E-state index is 0.231. The third kappa shape index (κ3) is 3.35. The minimum atomic E-state index is -0.682. The van der Waals surface area contributed by atoms with E-state index < -0.39 is 5.97 Å². The topological polar surface area (TPSA) is 40.5 Å². The van der Waals surface area contributed by atoms with Gasteiger partial charge in [0.1, 0.15) is 0 Å². The molecule has 76 valence electrons. The lowest BCUT2D eigenvalue weighted by Gasteiger charge is -2.31. The van der Waals surface area contributed by atoms with Gasteiger partial charge in [0.2, 0.25) is 0 Å². The maximum atomic E-state index is 10.6. The van der Waals surface area contributed by atoms with Crippen LogP contribution in [0.25, 0.3) is 0 Å². The van der Waals surface area contributed by atoms with E-state index in [1.807, 2.05) is 0 Å². The summed E-state index contributed by atoms with van der Waals surface area (Å²) in [5.74, 6) is -0.182. The number of carboxylic acids is 1. The van der Waals surface area contributed by atoms with Crippen LogP contribution in [0.15, 0.2) is 0 Å². The molecule has 0 spiro atoms. The predicted octanol–water partition coefficient (Wildman–Crippen LogP) is 1.44. The Kier molecular flexibility index (Phi) is 3.72. The van der Waals surface area contributed by atoms with Gasteiger partial charge in [0.25, 0.3) is 0 Å². The van der Waals surface area contributed by atoms with Gasteiger partial charge in [0.15, 0.2) is 0 Å². The van der Waals surface area contributed by atoms with Crippen LogP contribution in [-0.2, 0) is 4.79 Å². The molecule has 1 rings (SSSR count). The Morgan fingerprint density at radius 3 is 2.92 bits per heavy atom.